The quantitative estimate of drug-likeness (QED) is 0.937. The van der Waals surface area contributed by atoms with Gasteiger partial charge in [0.25, 0.3) is 0 Å². The van der Waals surface area contributed by atoms with Crippen molar-refractivity contribution in [3.8, 4) is 17.5 Å². The third-order valence-electron chi connectivity index (χ3n) is 2.31. The number of aromatic nitrogens is 2. The van der Waals surface area contributed by atoms with E-state index in [1.54, 1.807) is 0 Å². The summed E-state index contributed by atoms with van der Waals surface area (Å²) in [5.74, 6) is 0.803. The second-order valence-corrected chi connectivity index (χ2v) is 4.65. The Kier molecular flexibility index (Phi) is 4.07. The Morgan fingerprint density at radius 3 is 2.78 bits per heavy atom. The summed E-state index contributed by atoms with van der Waals surface area (Å²) in [5.41, 5.74) is 0.836. The molecular formula is C12H10BrN3O2. The van der Waals surface area contributed by atoms with E-state index in [4.69, 9.17) is 9.78 Å². The van der Waals surface area contributed by atoms with Gasteiger partial charge in [0.1, 0.15) is 0 Å². The zero-order valence-corrected chi connectivity index (χ0v) is 11.0. The van der Waals surface area contributed by atoms with Crippen LogP contribution >= 0.6 is 15.9 Å². The summed E-state index contributed by atoms with van der Waals surface area (Å²) in [6.45, 7) is 0. The summed E-state index contributed by atoms with van der Waals surface area (Å²) in [7, 11) is 0. The molecule has 0 saturated carbocycles. The normalized spacial score (nSPS) is 12.1. The van der Waals surface area contributed by atoms with Crippen LogP contribution < -0.4 is 0 Å². The van der Waals surface area contributed by atoms with Gasteiger partial charge in [0.2, 0.25) is 11.7 Å². The van der Waals surface area contributed by atoms with Gasteiger partial charge >= 0.3 is 0 Å². The van der Waals surface area contributed by atoms with Crippen LogP contribution in [0.4, 0.5) is 0 Å². The summed E-state index contributed by atoms with van der Waals surface area (Å²) in [6.07, 6.45) is -0.527. The number of rotatable bonds is 4. The average Bonchev–Trinajstić information content (AvgIpc) is 2.78. The molecule has 5 nitrogen and oxygen atoms in total. The molecular weight excluding hydrogens is 298 g/mol. The molecule has 18 heavy (non-hydrogen) atoms. The second-order valence-electron chi connectivity index (χ2n) is 3.74. The number of nitrogens with zero attached hydrogens (tertiary/aromatic N) is 3. The van der Waals surface area contributed by atoms with Crippen LogP contribution in [-0.2, 0) is 6.42 Å². The Hall–Kier alpha value is -1.71. The lowest BCUT2D eigenvalue weighted by Crippen LogP contribution is -2.09. The molecule has 6 heteroatoms. The largest absolute Gasteiger partial charge is 0.392 e. The van der Waals surface area contributed by atoms with Crippen LogP contribution in [0.2, 0.25) is 0 Å². The first-order valence-corrected chi connectivity index (χ1v) is 6.12. The Morgan fingerprint density at radius 2 is 2.11 bits per heavy atom. The summed E-state index contributed by atoms with van der Waals surface area (Å²) in [4.78, 5) is 4.17. The fraction of sp³-hybridized carbons (Fsp3) is 0.250. The van der Waals surface area contributed by atoms with Crippen LogP contribution in [0.5, 0.6) is 0 Å². The van der Waals surface area contributed by atoms with E-state index in [2.05, 4.69) is 26.1 Å². The van der Waals surface area contributed by atoms with Gasteiger partial charge in [-0.25, -0.2) is 0 Å². The monoisotopic (exact) mass is 307 g/mol. The zero-order valence-electron chi connectivity index (χ0n) is 9.38. The van der Waals surface area contributed by atoms with Crippen molar-refractivity contribution in [2.45, 2.75) is 18.9 Å². The van der Waals surface area contributed by atoms with Gasteiger partial charge in [0.05, 0.1) is 25.0 Å². The molecule has 1 aromatic heterocycles. The highest BCUT2D eigenvalue weighted by Gasteiger charge is 2.12. The molecule has 0 amide bonds. The lowest BCUT2D eigenvalue weighted by molar-refractivity contribution is 0.167. The Morgan fingerprint density at radius 1 is 1.39 bits per heavy atom. The maximum absolute atomic E-state index is 9.46. The first kappa shape index (κ1) is 12.7. The van der Waals surface area contributed by atoms with Crippen molar-refractivity contribution in [3.05, 3.63) is 34.6 Å². The number of aliphatic hydroxyl groups is 1. The highest BCUT2D eigenvalue weighted by Crippen LogP contribution is 2.19. The molecule has 0 fully saturated rings. The Bertz CT molecular complexity index is 559. The fourth-order valence-corrected chi connectivity index (χ4v) is 1.70. The third-order valence-corrected chi connectivity index (χ3v) is 2.84. The van der Waals surface area contributed by atoms with Gasteiger partial charge in [-0.2, -0.15) is 10.2 Å². The van der Waals surface area contributed by atoms with Gasteiger partial charge in [0, 0.05) is 10.0 Å². The lowest BCUT2D eigenvalue weighted by atomic mass is 10.2. The molecule has 0 aliphatic rings. The molecule has 0 aliphatic heterocycles. The maximum Gasteiger partial charge on any atom is 0.229 e. The van der Waals surface area contributed by atoms with Crippen LogP contribution in [0.1, 0.15) is 12.3 Å². The van der Waals surface area contributed by atoms with Crippen molar-refractivity contribution in [1.29, 1.82) is 5.26 Å². The van der Waals surface area contributed by atoms with E-state index in [1.165, 1.54) is 0 Å². The van der Waals surface area contributed by atoms with E-state index < -0.39 is 6.10 Å². The van der Waals surface area contributed by atoms with E-state index in [9.17, 15) is 5.11 Å². The van der Waals surface area contributed by atoms with Gasteiger partial charge in [-0.05, 0) is 24.3 Å². The minimum absolute atomic E-state index is 0.0516. The van der Waals surface area contributed by atoms with E-state index in [0.29, 0.717) is 11.7 Å². The van der Waals surface area contributed by atoms with E-state index in [0.717, 1.165) is 10.0 Å². The molecule has 92 valence electrons. The molecule has 0 radical (unpaired) electrons. The van der Waals surface area contributed by atoms with Crippen molar-refractivity contribution in [3.63, 3.8) is 0 Å². The summed E-state index contributed by atoms with van der Waals surface area (Å²) < 4.78 is 6.00. The summed E-state index contributed by atoms with van der Waals surface area (Å²) in [6, 6.07) is 9.39. The number of nitriles is 1. The minimum Gasteiger partial charge on any atom is -0.392 e. The smallest absolute Gasteiger partial charge is 0.229 e. The first-order valence-electron chi connectivity index (χ1n) is 5.32. The molecule has 1 heterocycles. The van der Waals surface area contributed by atoms with Crippen molar-refractivity contribution in [2.75, 3.05) is 0 Å². The molecule has 2 aromatic rings. The SMILES string of the molecule is N#CCC(O)Cc1nc(-c2ccc(Br)cc2)no1. The minimum atomic E-state index is -0.770. The van der Waals surface area contributed by atoms with Crippen molar-refractivity contribution in [2.24, 2.45) is 0 Å². The Labute approximate surface area is 112 Å². The van der Waals surface area contributed by atoms with Crippen LogP contribution in [0, 0.1) is 11.3 Å². The second kappa shape index (κ2) is 5.76. The summed E-state index contributed by atoms with van der Waals surface area (Å²) >= 11 is 3.35. The molecule has 0 spiro atoms. The molecule has 0 saturated heterocycles. The van der Waals surface area contributed by atoms with Crippen LogP contribution in [0.25, 0.3) is 11.4 Å². The fourth-order valence-electron chi connectivity index (χ4n) is 1.43. The van der Waals surface area contributed by atoms with Crippen molar-refractivity contribution >= 4 is 15.9 Å². The molecule has 1 unspecified atom stereocenters. The maximum atomic E-state index is 9.46. The first-order chi connectivity index (χ1) is 8.69. The zero-order chi connectivity index (χ0) is 13.0. The summed E-state index contributed by atoms with van der Waals surface area (Å²) in [5, 5.41) is 21.7. The molecule has 0 bridgehead atoms. The number of benzene rings is 1. The van der Waals surface area contributed by atoms with Gasteiger partial charge in [-0.15, -0.1) is 0 Å². The number of aliphatic hydroxyl groups excluding tert-OH is 1. The van der Waals surface area contributed by atoms with Crippen molar-refractivity contribution < 1.29 is 9.63 Å². The van der Waals surface area contributed by atoms with E-state index in [-0.39, 0.29) is 12.8 Å². The van der Waals surface area contributed by atoms with Gasteiger partial charge in [0.15, 0.2) is 0 Å². The average molecular weight is 308 g/mol. The van der Waals surface area contributed by atoms with Crippen LogP contribution in [-0.4, -0.2) is 21.4 Å². The molecule has 1 N–H and O–H groups in total. The predicted octanol–water partition coefficient (Wildman–Crippen LogP) is 2.32. The highest BCUT2D eigenvalue weighted by atomic mass is 79.9. The predicted molar refractivity (Wildman–Crippen MR) is 67.4 cm³/mol. The van der Waals surface area contributed by atoms with Gasteiger partial charge in [-0.3, -0.25) is 0 Å². The van der Waals surface area contributed by atoms with E-state index >= 15 is 0 Å². The Balaban J connectivity index is 2.11. The van der Waals surface area contributed by atoms with Crippen LogP contribution in [0.15, 0.2) is 33.3 Å². The van der Waals surface area contributed by atoms with Crippen LogP contribution in [0.3, 0.4) is 0 Å². The number of halogens is 1. The molecule has 0 aliphatic carbocycles. The molecule has 2 rings (SSSR count). The lowest BCUT2D eigenvalue weighted by Gasteiger charge is -1.99. The molecule has 1 aromatic carbocycles. The number of hydrogen-bond donors (Lipinski definition) is 1. The van der Waals surface area contributed by atoms with Gasteiger partial charge < -0.3 is 9.63 Å². The third kappa shape index (κ3) is 3.15. The standard InChI is InChI=1S/C12H10BrN3O2/c13-9-3-1-8(2-4-9)12-15-11(18-16-12)7-10(17)5-6-14/h1-4,10,17H,5,7H2. The van der Waals surface area contributed by atoms with Gasteiger partial charge in [-0.1, -0.05) is 21.1 Å². The highest BCUT2D eigenvalue weighted by molar-refractivity contribution is 9.10. The molecule has 1 atom stereocenters. The number of hydrogen-bond acceptors (Lipinski definition) is 5. The van der Waals surface area contributed by atoms with Crippen molar-refractivity contribution in [1.82, 2.24) is 10.1 Å². The topological polar surface area (TPSA) is 82.9 Å². The van der Waals surface area contributed by atoms with E-state index in [1.807, 2.05) is 30.3 Å².